The Labute approximate surface area is 197 Å². The Kier molecular flexibility index (Phi) is 5.28. The van der Waals surface area contributed by atoms with Crippen molar-refractivity contribution in [3.05, 3.63) is 59.7 Å². The highest BCUT2D eigenvalue weighted by Crippen LogP contribution is 2.52. The van der Waals surface area contributed by atoms with Crippen molar-refractivity contribution in [3.63, 3.8) is 0 Å². The third-order valence-electron chi connectivity index (χ3n) is 7.46. The summed E-state index contributed by atoms with van der Waals surface area (Å²) in [6, 6.07) is 10.8. The largest absolute Gasteiger partial charge is 0.481 e. The van der Waals surface area contributed by atoms with Crippen LogP contribution in [0.1, 0.15) is 57.2 Å². The molecule has 7 heteroatoms. The van der Waals surface area contributed by atoms with Gasteiger partial charge in [0, 0.05) is 34.7 Å². The molecule has 0 saturated heterocycles. The number of rotatable bonds is 6. The molecule has 0 amide bonds. The average Bonchev–Trinajstić information content (AvgIpc) is 3.48. The molecule has 2 aromatic carbocycles. The quantitative estimate of drug-likeness (QED) is 0.371. The highest BCUT2D eigenvalue weighted by atomic mass is 19.1. The number of nitrogens with one attached hydrogen (secondary N) is 1. The van der Waals surface area contributed by atoms with Crippen LogP contribution in [0.5, 0.6) is 0 Å². The lowest BCUT2D eigenvalue weighted by Crippen LogP contribution is -2.29. The smallest absolute Gasteiger partial charge is 0.309 e. The normalized spacial score (nSPS) is 21.0. The minimum absolute atomic E-state index is 0.0804. The van der Waals surface area contributed by atoms with Gasteiger partial charge >= 0.3 is 5.97 Å². The summed E-state index contributed by atoms with van der Waals surface area (Å²) in [5.41, 5.74) is 3.89. The Morgan fingerprint density at radius 2 is 2.06 bits per heavy atom. The molecule has 34 heavy (non-hydrogen) atoms. The van der Waals surface area contributed by atoms with Crippen LogP contribution in [0.25, 0.3) is 27.5 Å². The first-order valence-electron chi connectivity index (χ1n) is 11.6. The molecule has 5 rings (SSSR count). The van der Waals surface area contributed by atoms with E-state index in [-0.39, 0.29) is 17.2 Å². The molecule has 178 valence electrons. The number of ether oxygens (including phenoxy) is 1. The summed E-state index contributed by atoms with van der Waals surface area (Å²) in [5, 5.41) is 19.3. The van der Waals surface area contributed by atoms with Crippen molar-refractivity contribution in [1.82, 2.24) is 14.8 Å². The van der Waals surface area contributed by atoms with Crippen molar-refractivity contribution < 1.29 is 19.0 Å². The predicted octanol–water partition coefficient (Wildman–Crippen LogP) is 5.93. The van der Waals surface area contributed by atoms with Crippen molar-refractivity contribution in [2.45, 2.75) is 51.4 Å². The Balaban J connectivity index is 1.87. The van der Waals surface area contributed by atoms with Gasteiger partial charge in [-0.25, -0.2) is 4.39 Å². The van der Waals surface area contributed by atoms with Crippen molar-refractivity contribution in [2.24, 2.45) is 5.41 Å². The van der Waals surface area contributed by atoms with Crippen LogP contribution in [0.15, 0.2) is 42.6 Å². The number of aromatic amines is 1. The van der Waals surface area contributed by atoms with E-state index in [2.05, 4.69) is 40.7 Å². The average molecular weight is 464 g/mol. The van der Waals surface area contributed by atoms with E-state index in [1.807, 2.05) is 6.92 Å². The van der Waals surface area contributed by atoms with Gasteiger partial charge in [0.2, 0.25) is 0 Å². The first-order valence-corrected chi connectivity index (χ1v) is 11.6. The van der Waals surface area contributed by atoms with Crippen LogP contribution in [-0.4, -0.2) is 39.6 Å². The van der Waals surface area contributed by atoms with Gasteiger partial charge in [-0.2, -0.15) is 5.10 Å². The lowest BCUT2D eigenvalue weighted by atomic mass is 9.80. The van der Waals surface area contributed by atoms with E-state index in [0.29, 0.717) is 19.4 Å². The molecule has 0 radical (unpaired) electrons. The fraction of sp³-hybridized carbons (Fsp3) is 0.407. The van der Waals surface area contributed by atoms with Crippen LogP contribution in [0, 0.1) is 11.2 Å². The van der Waals surface area contributed by atoms with Gasteiger partial charge in [0.25, 0.3) is 0 Å². The molecule has 2 N–H and O–H groups in total. The summed E-state index contributed by atoms with van der Waals surface area (Å²) in [6.07, 6.45) is 3.80. The van der Waals surface area contributed by atoms with Crippen LogP contribution in [0.2, 0.25) is 0 Å². The number of H-pyrrole nitrogens is 1. The summed E-state index contributed by atoms with van der Waals surface area (Å²) in [6.45, 7) is 6.63. The van der Waals surface area contributed by atoms with Gasteiger partial charge in [-0.1, -0.05) is 13.8 Å². The highest BCUT2D eigenvalue weighted by molar-refractivity contribution is 5.99. The fourth-order valence-electron chi connectivity index (χ4n) is 5.80. The Bertz CT molecular complexity index is 1390. The first kappa shape index (κ1) is 22.6. The molecule has 4 aromatic rings. The Hall–Kier alpha value is -3.19. The van der Waals surface area contributed by atoms with E-state index in [0.717, 1.165) is 45.2 Å². The molecular formula is C27H30FN3O3. The summed E-state index contributed by atoms with van der Waals surface area (Å²) in [4.78, 5) is 12.1. The molecular weight excluding hydrogens is 433 g/mol. The SMILES string of the molecule is COCC(C)(C)c1c(C2CC[C@@](C)(C(=O)O)C2)c2cc3[nH]ncc3cc2n1-c1ccc(F)cc1. The number of halogens is 1. The molecule has 1 aliphatic rings. The second kappa shape index (κ2) is 7.94. The highest BCUT2D eigenvalue weighted by Gasteiger charge is 2.45. The summed E-state index contributed by atoms with van der Waals surface area (Å²) in [5.74, 6) is -0.953. The Morgan fingerprint density at radius 1 is 1.32 bits per heavy atom. The molecule has 1 unspecified atom stereocenters. The van der Waals surface area contributed by atoms with Crippen LogP contribution >= 0.6 is 0 Å². The molecule has 1 saturated carbocycles. The summed E-state index contributed by atoms with van der Waals surface area (Å²) >= 11 is 0. The van der Waals surface area contributed by atoms with E-state index in [9.17, 15) is 14.3 Å². The maximum atomic E-state index is 13.9. The second-order valence-electron chi connectivity index (χ2n) is 10.5. The molecule has 2 heterocycles. The number of aliphatic carboxylic acids is 1. The molecule has 1 aliphatic carbocycles. The topological polar surface area (TPSA) is 80.1 Å². The van der Waals surface area contributed by atoms with Gasteiger partial charge in [-0.3, -0.25) is 9.89 Å². The maximum Gasteiger partial charge on any atom is 0.309 e. The van der Waals surface area contributed by atoms with E-state index < -0.39 is 11.4 Å². The third-order valence-corrected chi connectivity index (χ3v) is 7.46. The molecule has 2 atom stereocenters. The molecule has 0 spiro atoms. The third kappa shape index (κ3) is 3.50. The number of fused-ring (bicyclic) bond motifs is 2. The molecule has 1 fully saturated rings. The zero-order valence-electron chi connectivity index (χ0n) is 20.0. The number of aromatic nitrogens is 3. The van der Waals surface area contributed by atoms with Gasteiger partial charge in [0.15, 0.2) is 0 Å². The molecule has 0 aliphatic heterocycles. The number of nitrogens with zero attached hydrogens (tertiary/aromatic N) is 2. The van der Waals surface area contributed by atoms with E-state index in [1.54, 1.807) is 25.4 Å². The number of benzene rings is 2. The first-order chi connectivity index (χ1) is 16.1. The van der Waals surface area contributed by atoms with Gasteiger partial charge in [0.1, 0.15) is 5.82 Å². The number of carbonyl (C=O) groups is 1. The number of methoxy groups -OCH3 is 1. The van der Waals surface area contributed by atoms with E-state index in [1.165, 1.54) is 12.1 Å². The molecule has 2 aromatic heterocycles. The number of carboxylic acid groups (broad SMARTS) is 1. The monoisotopic (exact) mass is 463 g/mol. The van der Waals surface area contributed by atoms with Gasteiger partial charge in [-0.15, -0.1) is 0 Å². The minimum Gasteiger partial charge on any atom is -0.481 e. The number of hydrogen-bond acceptors (Lipinski definition) is 3. The van der Waals surface area contributed by atoms with Crippen molar-refractivity contribution in [1.29, 1.82) is 0 Å². The molecule has 6 nitrogen and oxygen atoms in total. The maximum absolute atomic E-state index is 13.9. The van der Waals surface area contributed by atoms with Crippen LogP contribution in [0.3, 0.4) is 0 Å². The van der Waals surface area contributed by atoms with Crippen molar-refractivity contribution in [2.75, 3.05) is 13.7 Å². The van der Waals surface area contributed by atoms with Gasteiger partial charge < -0.3 is 14.4 Å². The summed E-state index contributed by atoms with van der Waals surface area (Å²) < 4.78 is 21.7. The Morgan fingerprint density at radius 3 is 2.71 bits per heavy atom. The zero-order chi connectivity index (χ0) is 24.3. The molecule has 0 bridgehead atoms. The lowest BCUT2D eigenvalue weighted by molar-refractivity contribution is -0.147. The fourth-order valence-corrected chi connectivity index (χ4v) is 5.80. The van der Waals surface area contributed by atoms with Crippen molar-refractivity contribution in [3.8, 4) is 5.69 Å². The van der Waals surface area contributed by atoms with Crippen molar-refractivity contribution >= 4 is 27.8 Å². The van der Waals surface area contributed by atoms with Crippen LogP contribution in [0.4, 0.5) is 4.39 Å². The van der Waals surface area contributed by atoms with Gasteiger partial charge in [0.05, 0.1) is 29.3 Å². The number of carboxylic acids is 1. The van der Waals surface area contributed by atoms with Gasteiger partial charge in [-0.05, 0) is 74.1 Å². The van der Waals surface area contributed by atoms with E-state index >= 15 is 0 Å². The lowest BCUT2D eigenvalue weighted by Gasteiger charge is -2.30. The summed E-state index contributed by atoms with van der Waals surface area (Å²) in [7, 11) is 1.69. The second-order valence-corrected chi connectivity index (χ2v) is 10.5. The van der Waals surface area contributed by atoms with Crippen LogP contribution < -0.4 is 0 Å². The zero-order valence-corrected chi connectivity index (χ0v) is 20.0. The predicted molar refractivity (Wildman–Crippen MR) is 130 cm³/mol. The standard InChI is InChI=1S/C27H30FN3O3/c1-26(2,15-34-4)24-23(16-9-10-27(3,13-16)25(32)33)20-12-21-17(14-29-30-21)11-22(20)31(24)19-7-5-18(28)6-8-19/h5-8,11-12,14,16H,9-10,13,15H2,1-4H3,(H,29,30)(H,32,33)/t16?,27-/m1/s1. The van der Waals surface area contributed by atoms with E-state index in [4.69, 9.17) is 4.74 Å². The minimum atomic E-state index is -0.754. The van der Waals surface area contributed by atoms with Crippen LogP contribution in [-0.2, 0) is 14.9 Å². The number of hydrogen-bond donors (Lipinski definition) is 2.